The second-order valence-electron chi connectivity index (χ2n) is 5.54. The fourth-order valence-electron chi connectivity index (χ4n) is 2.12. The van der Waals surface area contributed by atoms with Crippen molar-refractivity contribution in [2.75, 3.05) is 0 Å². The van der Waals surface area contributed by atoms with Crippen LogP contribution in [-0.4, -0.2) is 3.26 Å². The van der Waals surface area contributed by atoms with Gasteiger partial charge < -0.3 is 0 Å². The molecule has 0 radical (unpaired) electrons. The number of benzene rings is 2. The Morgan fingerprint density at radius 2 is 1.39 bits per heavy atom. The van der Waals surface area contributed by atoms with Crippen molar-refractivity contribution >= 4 is 3.26 Å². The van der Waals surface area contributed by atoms with Gasteiger partial charge in [0, 0.05) is 0 Å². The van der Waals surface area contributed by atoms with Crippen LogP contribution in [0.1, 0.15) is 37.5 Å². The molecule has 0 aromatic heterocycles. The molecule has 0 saturated heterocycles. The molecule has 0 atom stereocenters. The first-order chi connectivity index (χ1) is 8.50. The van der Waals surface area contributed by atoms with Crippen LogP contribution in [0.2, 0.25) is 0 Å². The molecule has 18 heavy (non-hydrogen) atoms. The van der Waals surface area contributed by atoms with E-state index in [9.17, 15) is 0 Å². The fourth-order valence-corrected chi connectivity index (χ4v) is 3.50. The summed E-state index contributed by atoms with van der Waals surface area (Å²) in [4.78, 5) is 0. The second-order valence-corrected chi connectivity index (χ2v) is 7.33. The van der Waals surface area contributed by atoms with E-state index >= 15 is 0 Å². The molecule has 2 aromatic carbocycles. The molecule has 2 aromatic rings. The van der Waals surface area contributed by atoms with Crippen molar-refractivity contribution in [3.63, 3.8) is 0 Å². The van der Waals surface area contributed by atoms with E-state index in [4.69, 9.17) is 0 Å². The Morgan fingerprint density at radius 3 is 2.00 bits per heavy atom. The first-order valence-electron chi connectivity index (χ1n) is 6.24. The molecule has 0 spiro atoms. The van der Waals surface area contributed by atoms with Gasteiger partial charge in [0.15, 0.2) is 0 Å². The van der Waals surface area contributed by atoms with Crippen molar-refractivity contribution in [3.05, 3.63) is 71.3 Å². The van der Waals surface area contributed by atoms with Gasteiger partial charge in [-0.1, -0.05) is 0 Å². The standard InChI is InChI=1S/C17H18.Hf/c1-17(2,3)16-12-8-7-11-15(16)13-14-9-5-4-6-10-14;/h4-12H,1-3H3;/q;+2. The quantitative estimate of drug-likeness (QED) is 0.666. The molecule has 0 amide bonds. The van der Waals surface area contributed by atoms with Crippen LogP contribution >= 0.6 is 0 Å². The topological polar surface area (TPSA) is 0 Å². The van der Waals surface area contributed by atoms with E-state index in [2.05, 4.69) is 75.4 Å². The normalized spacial score (nSPS) is 11.4. The molecule has 0 unspecified atom stereocenters. The number of hydrogen-bond donors (Lipinski definition) is 0. The molecule has 0 aliphatic rings. The third-order valence-electron chi connectivity index (χ3n) is 3.07. The molecule has 0 saturated carbocycles. The Hall–Kier alpha value is -0.820. The van der Waals surface area contributed by atoms with Crippen LogP contribution in [0.15, 0.2) is 54.6 Å². The van der Waals surface area contributed by atoms with Gasteiger partial charge in [-0.25, -0.2) is 0 Å². The molecule has 0 nitrogen and oxygen atoms in total. The number of rotatable bonds is 2. The predicted octanol–water partition coefficient (Wildman–Crippen LogP) is 4.10. The molecule has 88 valence electrons. The molecule has 1 heteroatoms. The molecule has 2 rings (SSSR count). The van der Waals surface area contributed by atoms with Gasteiger partial charge in [-0.3, -0.25) is 0 Å². The van der Waals surface area contributed by atoms with Crippen molar-refractivity contribution in [2.45, 2.75) is 26.2 Å². The molecule has 0 aliphatic carbocycles. The third-order valence-corrected chi connectivity index (χ3v) is 5.07. The first-order valence-corrected chi connectivity index (χ1v) is 8.03. The van der Waals surface area contributed by atoms with E-state index in [-0.39, 0.29) is 5.41 Å². The Balaban J connectivity index is 2.50. The summed E-state index contributed by atoms with van der Waals surface area (Å²) < 4.78 is 1.49. The predicted molar refractivity (Wildman–Crippen MR) is 74.8 cm³/mol. The number of hydrogen-bond acceptors (Lipinski definition) is 0. The van der Waals surface area contributed by atoms with Gasteiger partial charge in [0.25, 0.3) is 0 Å². The fraction of sp³-hybridized carbons (Fsp3) is 0.235. The zero-order valence-corrected chi connectivity index (χ0v) is 14.8. The van der Waals surface area contributed by atoms with Gasteiger partial charge >= 0.3 is 125 Å². The zero-order chi connectivity index (χ0) is 13.2. The summed E-state index contributed by atoms with van der Waals surface area (Å²) in [5.41, 5.74) is 4.42. The summed E-state index contributed by atoms with van der Waals surface area (Å²) in [6.45, 7) is 6.85. The van der Waals surface area contributed by atoms with Crippen LogP contribution in [0.5, 0.6) is 0 Å². The van der Waals surface area contributed by atoms with Crippen molar-refractivity contribution in [1.29, 1.82) is 0 Å². The maximum atomic E-state index is 2.28. The van der Waals surface area contributed by atoms with Crippen LogP contribution in [0.25, 0.3) is 0 Å². The van der Waals surface area contributed by atoms with Gasteiger partial charge in [0.1, 0.15) is 0 Å². The molecule has 0 bridgehead atoms. The molecular weight excluding hydrogens is 383 g/mol. The van der Waals surface area contributed by atoms with E-state index in [1.807, 2.05) is 0 Å². The van der Waals surface area contributed by atoms with Crippen molar-refractivity contribution < 1.29 is 23.9 Å². The Labute approximate surface area is 124 Å². The minimum atomic E-state index is 0.195. The van der Waals surface area contributed by atoms with Gasteiger partial charge in [-0.2, -0.15) is 0 Å². The van der Waals surface area contributed by atoms with Crippen molar-refractivity contribution in [3.8, 4) is 0 Å². The summed E-state index contributed by atoms with van der Waals surface area (Å²) in [6.07, 6.45) is 0. The summed E-state index contributed by atoms with van der Waals surface area (Å²) in [5, 5.41) is 0. The summed E-state index contributed by atoms with van der Waals surface area (Å²) in [6, 6.07) is 19.5. The summed E-state index contributed by atoms with van der Waals surface area (Å²) in [7, 11) is 0. The average molecular weight is 401 g/mol. The van der Waals surface area contributed by atoms with Crippen LogP contribution in [-0.2, 0) is 29.3 Å². The molecule has 0 N–H and O–H groups in total. The van der Waals surface area contributed by atoms with E-state index in [0.29, 0.717) is 0 Å². The monoisotopic (exact) mass is 402 g/mol. The minimum absolute atomic E-state index is 0.195. The Bertz CT molecular complexity index is 547. The summed E-state index contributed by atoms with van der Waals surface area (Å²) in [5.74, 6) is 0. The van der Waals surface area contributed by atoms with Gasteiger partial charge in [-0.05, 0) is 0 Å². The van der Waals surface area contributed by atoms with E-state index in [1.54, 1.807) is 0 Å². The van der Waals surface area contributed by atoms with Crippen molar-refractivity contribution in [2.24, 2.45) is 0 Å². The molecule has 0 heterocycles. The van der Waals surface area contributed by atoms with Crippen LogP contribution in [0, 0.1) is 0 Å². The SMILES string of the molecule is CC(C)(C)c1ccccc1[C](=[Hf+2])c1ccccc1. The van der Waals surface area contributed by atoms with Crippen LogP contribution in [0.3, 0.4) is 0 Å². The van der Waals surface area contributed by atoms with Crippen LogP contribution in [0.4, 0.5) is 0 Å². The zero-order valence-electron chi connectivity index (χ0n) is 11.2. The molecule has 0 fully saturated rings. The van der Waals surface area contributed by atoms with E-state index < -0.39 is 0 Å². The van der Waals surface area contributed by atoms with Crippen LogP contribution < -0.4 is 0 Å². The van der Waals surface area contributed by atoms with Crippen molar-refractivity contribution in [1.82, 2.24) is 0 Å². The average Bonchev–Trinajstić information content (AvgIpc) is 2.38. The maximum absolute atomic E-state index is 2.28. The molecule has 0 aliphatic heterocycles. The van der Waals surface area contributed by atoms with Gasteiger partial charge in [-0.15, -0.1) is 0 Å². The van der Waals surface area contributed by atoms with Gasteiger partial charge in [0.2, 0.25) is 0 Å². The summed E-state index contributed by atoms with van der Waals surface area (Å²) >= 11 is 1.06. The second kappa shape index (κ2) is 5.44. The Kier molecular flexibility index (Phi) is 4.11. The van der Waals surface area contributed by atoms with E-state index in [1.165, 1.54) is 19.9 Å². The van der Waals surface area contributed by atoms with Gasteiger partial charge in [0.05, 0.1) is 0 Å². The molecular formula is C17H18Hf+2. The first kappa shape index (κ1) is 13.6. The van der Waals surface area contributed by atoms with E-state index in [0.717, 1.165) is 23.9 Å². The third kappa shape index (κ3) is 2.95. The Morgan fingerprint density at radius 1 is 0.833 bits per heavy atom.